The number of ether oxygens (including phenoxy) is 2. The fraction of sp³-hybridized carbons (Fsp3) is 0.435. The lowest BCUT2D eigenvalue weighted by atomic mass is 10.2. The molecular formula is C23H31N3O7S2. The molecule has 1 N–H and O–H groups in total. The molecular weight excluding hydrogens is 494 g/mol. The zero-order valence-electron chi connectivity index (χ0n) is 20.0. The van der Waals surface area contributed by atoms with Crippen molar-refractivity contribution in [2.45, 2.75) is 24.8 Å². The monoisotopic (exact) mass is 525 g/mol. The number of carbonyl (C=O) groups excluding carboxylic acids is 1. The van der Waals surface area contributed by atoms with Gasteiger partial charge >= 0.3 is 0 Å². The van der Waals surface area contributed by atoms with Gasteiger partial charge in [-0.05, 0) is 55.8 Å². The van der Waals surface area contributed by atoms with Gasteiger partial charge in [0.15, 0.2) is 0 Å². The van der Waals surface area contributed by atoms with E-state index < -0.39 is 32.0 Å². The van der Waals surface area contributed by atoms with Crippen LogP contribution in [-0.4, -0.2) is 78.8 Å². The lowest BCUT2D eigenvalue weighted by Gasteiger charge is -2.28. The van der Waals surface area contributed by atoms with Crippen LogP contribution in [0.5, 0.6) is 5.75 Å². The van der Waals surface area contributed by atoms with Crippen LogP contribution in [0.1, 0.15) is 12.5 Å². The number of rotatable bonds is 10. The summed E-state index contributed by atoms with van der Waals surface area (Å²) >= 11 is 0. The highest BCUT2D eigenvalue weighted by Crippen LogP contribution is 2.22. The molecule has 2 aromatic rings. The van der Waals surface area contributed by atoms with Crippen molar-refractivity contribution >= 4 is 31.6 Å². The molecule has 12 heteroatoms. The van der Waals surface area contributed by atoms with Crippen LogP contribution < -0.4 is 14.4 Å². The summed E-state index contributed by atoms with van der Waals surface area (Å²) < 4.78 is 63.4. The minimum atomic E-state index is -3.70. The lowest BCUT2D eigenvalue weighted by Crippen LogP contribution is -2.48. The van der Waals surface area contributed by atoms with Gasteiger partial charge in [-0.2, -0.15) is 4.31 Å². The molecule has 1 aliphatic rings. The topological polar surface area (TPSA) is 122 Å². The summed E-state index contributed by atoms with van der Waals surface area (Å²) in [5, 5.41) is 2.68. The minimum Gasteiger partial charge on any atom is -0.492 e. The highest BCUT2D eigenvalue weighted by atomic mass is 32.2. The number of sulfonamides is 2. The zero-order chi connectivity index (χ0) is 25.6. The van der Waals surface area contributed by atoms with Crippen LogP contribution in [0.2, 0.25) is 0 Å². The molecule has 0 aromatic heterocycles. The van der Waals surface area contributed by atoms with E-state index in [4.69, 9.17) is 9.47 Å². The Bertz CT molecular complexity index is 1230. The van der Waals surface area contributed by atoms with Crippen molar-refractivity contribution < 1.29 is 31.1 Å². The molecule has 192 valence electrons. The van der Waals surface area contributed by atoms with Gasteiger partial charge in [-0.3, -0.25) is 9.10 Å². The number of nitrogens with zero attached hydrogens (tertiary/aromatic N) is 2. The molecule has 1 saturated heterocycles. The van der Waals surface area contributed by atoms with Crippen molar-refractivity contribution in [2.24, 2.45) is 0 Å². The number of nitrogens with one attached hydrogen (secondary N) is 1. The van der Waals surface area contributed by atoms with E-state index in [0.717, 1.165) is 16.1 Å². The Balaban J connectivity index is 1.54. The van der Waals surface area contributed by atoms with Crippen LogP contribution in [0, 0.1) is 6.92 Å². The molecule has 1 fully saturated rings. The third-order valence-electron chi connectivity index (χ3n) is 5.45. The Hall–Kier alpha value is -2.67. The third kappa shape index (κ3) is 6.94. The van der Waals surface area contributed by atoms with Crippen molar-refractivity contribution in [1.82, 2.24) is 9.62 Å². The summed E-state index contributed by atoms with van der Waals surface area (Å²) in [5.74, 6) is -0.0155. The first kappa shape index (κ1) is 26.9. The summed E-state index contributed by atoms with van der Waals surface area (Å²) in [4.78, 5) is 12.8. The standard InChI is InChI=1S/C23H31N3O7S2/c1-18-5-4-6-20(17-18)26(34(3,28)29)19(2)23(27)24-11-14-33-21-7-9-22(10-8-21)35(30,31)25-12-15-32-16-13-25/h4-10,17,19H,11-16H2,1-3H3,(H,24,27). The molecule has 0 bridgehead atoms. The van der Waals surface area contributed by atoms with Gasteiger partial charge in [0.05, 0.1) is 36.6 Å². The predicted molar refractivity (Wildman–Crippen MR) is 132 cm³/mol. The van der Waals surface area contributed by atoms with Crippen LogP contribution in [0.25, 0.3) is 0 Å². The van der Waals surface area contributed by atoms with E-state index in [1.807, 2.05) is 13.0 Å². The number of hydrogen-bond donors (Lipinski definition) is 1. The average molecular weight is 526 g/mol. The van der Waals surface area contributed by atoms with Gasteiger partial charge in [0, 0.05) is 13.1 Å². The predicted octanol–water partition coefficient (Wildman–Crippen LogP) is 1.37. The van der Waals surface area contributed by atoms with Gasteiger partial charge in [-0.25, -0.2) is 16.8 Å². The minimum absolute atomic E-state index is 0.122. The van der Waals surface area contributed by atoms with E-state index in [2.05, 4.69) is 5.32 Å². The maximum atomic E-state index is 12.7. The van der Waals surface area contributed by atoms with Crippen LogP contribution in [0.4, 0.5) is 5.69 Å². The second kappa shape index (κ2) is 11.4. The SMILES string of the molecule is Cc1cccc(N(C(C)C(=O)NCCOc2ccc(S(=O)(=O)N3CCOCC3)cc2)S(C)(=O)=O)c1. The molecule has 1 amide bonds. The van der Waals surface area contributed by atoms with E-state index in [0.29, 0.717) is 37.7 Å². The number of amides is 1. The maximum absolute atomic E-state index is 12.7. The van der Waals surface area contributed by atoms with Crippen LogP contribution in [0.3, 0.4) is 0 Å². The average Bonchev–Trinajstić information content (AvgIpc) is 2.82. The molecule has 2 aromatic carbocycles. The Labute approximate surface area is 206 Å². The lowest BCUT2D eigenvalue weighted by molar-refractivity contribution is -0.121. The van der Waals surface area contributed by atoms with Crippen molar-refractivity contribution in [3.8, 4) is 5.75 Å². The smallest absolute Gasteiger partial charge is 0.243 e. The van der Waals surface area contributed by atoms with Gasteiger partial charge < -0.3 is 14.8 Å². The first-order valence-electron chi connectivity index (χ1n) is 11.1. The van der Waals surface area contributed by atoms with Gasteiger partial charge in [0.25, 0.3) is 0 Å². The summed E-state index contributed by atoms with van der Waals surface area (Å²) in [6.45, 7) is 5.01. The molecule has 0 aliphatic carbocycles. The Morgan fingerprint density at radius 3 is 2.37 bits per heavy atom. The molecule has 1 heterocycles. The van der Waals surface area contributed by atoms with E-state index in [9.17, 15) is 21.6 Å². The molecule has 35 heavy (non-hydrogen) atoms. The van der Waals surface area contributed by atoms with Gasteiger partial charge in [-0.1, -0.05) is 12.1 Å². The van der Waals surface area contributed by atoms with E-state index in [1.54, 1.807) is 30.3 Å². The van der Waals surface area contributed by atoms with Gasteiger partial charge in [0.1, 0.15) is 18.4 Å². The van der Waals surface area contributed by atoms with Gasteiger partial charge in [0.2, 0.25) is 26.0 Å². The van der Waals surface area contributed by atoms with Crippen molar-refractivity contribution in [3.05, 3.63) is 54.1 Å². The number of carbonyl (C=O) groups is 1. The van der Waals surface area contributed by atoms with Crippen molar-refractivity contribution in [3.63, 3.8) is 0 Å². The quantitative estimate of drug-likeness (QED) is 0.465. The van der Waals surface area contributed by atoms with Gasteiger partial charge in [-0.15, -0.1) is 0 Å². The Morgan fingerprint density at radius 2 is 1.77 bits per heavy atom. The highest BCUT2D eigenvalue weighted by Gasteiger charge is 2.29. The number of anilines is 1. The molecule has 0 radical (unpaired) electrons. The van der Waals surface area contributed by atoms with Crippen LogP contribution >= 0.6 is 0 Å². The first-order chi connectivity index (χ1) is 16.5. The second-order valence-corrected chi connectivity index (χ2v) is 12.0. The fourth-order valence-electron chi connectivity index (χ4n) is 3.71. The van der Waals surface area contributed by atoms with Crippen LogP contribution in [-0.2, 0) is 29.6 Å². The first-order valence-corrected chi connectivity index (χ1v) is 14.4. The van der Waals surface area contributed by atoms with Crippen molar-refractivity contribution in [2.75, 3.05) is 50.0 Å². The van der Waals surface area contributed by atoms with Crippen molar-refractivity contribution in [1.29, 1.82) is 0 Å². The molecule has 0 spiro atoms. The molecule has 1 atom stereocenters. The van der Waals surface area contributed by atoms with E-state index in [-0.39, 0.29) is 18.0 Å². The molecule has 3 rings (SSSR count). The van der Waals surface area contributed by atoms with E-state index in [1.165, 1.54) is 23.4 Å². The normalized spacial score (nSPS) is 15.9. The largest absolute Gasteiger partial charge is 0.492 e. The number of benzene rings is 2. The molecule has 0 saturated carbocycles. The summed E-state index contributed by atoms with van der Waals surface area (Å²) in [6.07, 6.45) is 1.06. The van der Waals surface area contributed by atoms with E-state index >= 15 is 0 Å². The van der Waals surface area contributed by atoms with Crippen LogP contribution in [0.15, 0.2) is 53.4 Å². The summed E-state index contributed by atoms with van der Waals surface area (Å²) in [5.41, 5.74) is 1.29. The number of aryl methyl sites for hydroxylation is 1. The second-order valence-electron chi connectivity index (χ2n) is 8.20. The molecule has 1 aliphatic heterocycles. The summed E-state index contributed by atoms with van der Waals surface area (Å²) in [6, 6.07) is 12.0. The highest BCUT2D eigenvalue weighted by molar-refractivity contribution is 7.92. The maximum Gasteiger partial charge on any atom is 0.243 e. The fourth-order valence-corrected chi connectivity index (χ4v) is 6.28. The summed E-state index contributed by atoms with van der Waals surface area (Å²) in [7, 11) is -7.28. The third-order valence-corrected chi connectivity index (χ3v) is 8.60. The molecule has 10 nitrogen and oxygen atoms in total. The number of hydrogen-bond acceptors (Lipinski definition) is 7. The number of morpholine rings is 1. The Morgan fingerprint density at radius 1 is 1.11 bits per heavy atom. The zero-order valence-corrected chi connectivity index (χ0v) is 21.6. The molecule has 1 unspecified atom stereocenters. The Kier molecular flexibility index (Phi) is 8.75.